The van der Waals surface area contributed by atoms with Crippen LogP contribution in [0.15, 0.2) is 17.2 Å². The summed E-state index contributed by atoms with van der Waals surface area (Å²) in [7, 11) is -3.64. The molecule has 0 saturated carbocycles. The molecule has 2 heterocycles. The van der Waals surface area contributed by atoms with Crippen LogP contribution in [0.5, 0.6) is 0 Å². The third kappa shape index (κ3) is 3.50. The largest absolute Gasteiger partial charge is 0.369 e. The fourth-order valence-electron chi connectivity index (χ4n) is 2.25. The van der Waals surface area contributed by atoms with Gasteiger partial charge in [-0.2, -0.15) is 4.31 Å². The molecular weight excluding hydrogens is 328 g/mol. The van der Waals surface area contributed by atoms with E-state index in [9.17, 15) is 13.2 Å². The van der Waals surface area contributed by atoms with Gasteiger partial charge in [0.1, 0.15) is 10.7 Å². The number of nitrogens with zero attached hydrogens (tertiary/aromatic N) is 3. The Morgan fingerprint density at radius 1 is 1.36 bits per heavy atom. The lowest BCUT2D eigenvalue weighted by atomic mass is 10.3. The summed E-state index contributed by atoms with van der Waals surface area (Å²) < 4.78 is 26.5. The Morgan fingerprint density at radius 2 is 2.00 bits per heavy atom. The van der Waals surface area contributed by atoms with E-state index in [1.54, 1.807) is 4.90 Å². The predicted molar refractivity (Wildman–Crippen MR) is 84.4 cm³/mol. The van der Waals surface area contributed by atoms with Gasteiger partial charge in [-0.15, -0.1) is 0 Å². The predicted octanol–water partition coefficient (Wildman–Crippen LogP) is 1.02. The van der Waals surface area contributed by atoms with Crippen molar-refractivity contribution in [2.45, 2.75) is 18.7 Å². The van der Waals surface area contributed by atoms with Gasteiger partial charge in [-0.05, 0) is 13.0 Å². The average molecular weight is 347 g/mol. The molecule has 0 unspecified atom stereocenters. The standard InChI is InChI=1S/C13H19ClN4O3S/c1-3-15-13-12(14)8-11(9-16-13)22(20,21)18-6-4-17(5-7-18)10(2)19/h8-9H,3-7H2,1-2H3,(H,15,16). The van der Waals surface area contributed by atoms with Gasteiger partial charge in [0.05, 0.1) is 5.02 Å². The summed E-state index contributed by atoms with van der Waals surface area (Å²) in [5.74, 6) is 0.418. The van der Waals surface area contributed by atoms with E-state index in [0.29, 0.717) is 25.5 Å². The number of carbonyl (C=O) groups excluding carboxylic acids is 1. The molecule has 1 aromatic rings. The van der Waals surface area contributed by atoms with Crippen molar-refractivity contribution >= 4 is 33.3 Å². The summed E-state index contributed by atoms with van der Waals surface area (Å²) >= 11 is 6.06. The molecule has 22 heavy (non-hydrogen) atoms. The molecule has 1 aromatic heterocycles. The van der Waals surface area contributed by atoms with Crippen LogP contribution < -0.4 is 5.32 Å². The summed E-state index contributed by atoms with van der Waals surface area (Å²) in [5.41, 5.74) is 0. The summed E-state index contributed by atoms with van der Waals surface area (Å²) in [4.78, 5) is 17.0. The molecule has 1 aliphatic rings. The van der Waals surface area contributed by atoms with Gasteiger partial charge in [-0.1, -0.05) is 11.6 Å². The molecule has 7 nitrogen and oxygen atoms in total. The molecule has 1 saturated heterocycles. The van der Waals surface area contributed by atoms with E-state index >= 15 is 0 Å². The van der Waals surface area contributed by atoms with Crippen LogP contribution in [-0.4, -0.2) is 61.2 Å². The van der Waals surface area contributed by atoms with Crippen LogP contribution in [0.4, 0.5) is 5.82 Å². The van der Waals surface area contributed by atoms with Crippen molar-refractivity contribution in [1.29, 1.82) is 0 Å². The Hall–Kier alpha value is -1.38. The number of piperazine rings is 1. The minimum absolute atomic E-state index is 0.0447. The van der Waals surface area contributed by atoms with Crippen molar-refractivity contribution in [2.75, 3.05) is 38.0 Å². The molecule has 122 valence electrons. The second-order valence-corrected chi connectivity index (χ2v) is 7.29. The fourth-order valence-corrected chi connectivity index (χ4v) is 3.94. The van der Waals surface area contributed by atoms with Crippen molar-refractivity contribution in [3.8, 4) is 0 Å². The van der Waals surface area contributed by atoms with E-state index in [1.165, 1.54) is 23.5 Å². The zero-order chi connectivity index (χ0) is 16.3. The SMILES string of the molecule is CCNc1ncc(S(=O)(=O)N2CCN(C(C)=O)CC2)cc1Cl. The molecule has 1 fully saturated rings. The van der Waals surface area contributed by atoms with Gasteiger partial charge in [-0.3, -0.25) is 4.79 Å². The smallest absolute Gasteiger partial charge is 0.244 e. The van der Waals surface area contributed by atoms with Gasteiger partial charge < -0.3 is 10.2 Å². The number of rotatable bonds is 4. The zero-order valence-corrected chi connectivity index (χ0v) is 14.1. The van der Waals surface area contributed by atoms with Gasteiger partial charge in [0.15, 0.2) is 0 Å². The monoisotopic (exact) mass is 346 g/mol. The number of hydrogen-bond donors (Lipinski definition) is 1. The summed E-state index contributed by atoms with van der Waals surface area (Å²) in [6.45, 7) is 5.36. The molecule has 0 spiro atoms. The average Bonchev–Trinajstić information content (AvgIpc) is 2.49. The topological polar surface area (TPSA) is 82.6 Å². The molecule has 0 bridgehead atoms. The number of aromatic nitrogens is 1. The number of carbonyl (C=O) groups is 1. The van der Waals surface area contributed by atoms with Crippen LogP contribution in [0.3, 0.4) is 0 Å². The third-order valence-corrected chi connectivity index (χ3v) is 5.63. The Morgan fingerprint density at radius 3 is 2.50 bits per heavy atom. The second-order valence-electron chi connectivity index (χ2n) is 4.94. The van der Waals surface area contributed by atoms with Crippen molar-refractivity contribution < 1.29 is 13.2 Å². The van der Waals surface area contributed by atoms with Gasteiger partial charge in [0.25, 0.3) is 0 Å². The van der Waals surface area contributed by atoms with Crippen LogP contribution in [0, 0.1) is 0 Å². The van der Waals surface area contributed by atoms with Crippen molar-refractivity contribution in [2.24, 2.45) is 0 Å². The maximum Gasteiger partial charge on any atom is 0.244 e. The number of sulfonamides is 1. The van der Waals surface area contributed by atoms with Crippen LogP contribution >= 0.6 is 11.6 Å². The third-order valence-electron chi connectivity index (χ3n) is 3.48. The number of halogens is 1. The Bertz CT molecular complexity index is 657. The van der Waals surface area contributed by atoms with Crippen LogP contribution in [0.25, 0.3) is 0 Å². The highest BCUT2D eigenvalue weighted by molar-refractivity contribution is 7.89. The number of amides is 1. The first kappa shape index (κ1) is 17.0. The van der Waals surface area contributed by atoms with E-state index in [4.69, 9.17) is 11.6 Å². The Kier molecular flexibility index (Phi) is 5.25. The van der Waals surface area contributed by atoms with E-state index < -0.39 is 10.0 Å². The first-order chi connectivity index (χ1) is 10.4. The number of pyridine rings is 1. The highest BCUT2D eigenvalue weighted by Gasteiger charge is 2.29. The Labute approximate surface area is 135 Å². The normalized spacial score (nSPS) is 16.6. The van der Waals surface area contributed by atoms with Crippen molar-refractivity contribution in [1.82, 2.24) is 14.2 Å². The van der Waals surface area contributed by atoms with Gasteiger partial charge in [0, 0.05) is 45.8 Å². The molecule has 9 heteroatoms. The summed E-state index contributed by atoms with van der Waals surface area (Å²) in [5, 5.41) is 3.23. The molecule has 0 radical (unpaired) electrons. The quantitative estimate of drug-likeness (QED) is 0.880. The number of hydrogen-bond acceptors (Lipinski definition) is 5. The summed E-state index contributed by atoms with van der Waals surface area (Å²) in [6, 6.07) is 1.40. The molecule has 1 aliphatic heterocycles. The maximum absolute atomic E-state index is 12.6. The molecule has 0 aliphatic carbocycles. The van der Waals surface area contributed by atoms with E-state index in [0.717, 1.165) is 0 Å². The minimum atomic E-state index is -3.64. The van der Waals surface area contributed by atoms with E-state index in [1.807, 2.05) is 6.92 Å². The van der Waals surface area contributed by atoms with E-state index in [-0.39, 0.29) is 28.9 Å². The van der Waals surface area contributed by atoms with Crippen molar-refractivity contribution in [3.05, 3.63) is 17.3 Å². The van der Waals surface area contributed by atoms with Crippen molar-refractivity contribution in [3.63, 3.8) is 0 Å². The van der Waals surface area contributed by atoms with Crippen LogP contribution in [0.1, 0.15) is 13.8 Å². The number of nitrogens with one attached hydrogen (secondary N) is 1. The van der Waals surface area contributed by atoms with Gasteiger partial charge in [0.2, 0.25) is 15.9 Å². The van der Waals surface area contributed by atoms with Gasteiger partial charge in [-0.25, -0.2) is 13.4 Å². The first-order valence-electron chi connectivity index (χ1n) is 7.01. The molecule has 1 amide bonds. The molecule has 0 aromatic carbocycles. The number of anilines is 1. The fraction of sp³-hybridized carbons (Fsp3) is 0.538. The lowest BCUT2D eigenvalue weighted by Crippen LogP contribution is -2.49. The lowest BCUT2D eigenvalue weighted by Gasteiger charge is -2.33. The minimum Gasteiger partial charge on any atom is -0.369 e. The summed E-state index contributed by atoms with van der Waals surface area (Å²) in [6.07, 6.45) is 1.30. The molecule has 2 rings (SSSR count). The maximum atomic E-state index is 12.6. The Balaban J connectivity index is 2.17. The molecular formula is C13H19ClN4O3S. The second kappa shape index (κ2) is 6.80. The van der Waals surface area contributed by atoms with Crippen LogP contribution in [-0.2, 0) is 14.8 Å². The zero-order valence-electron chi connectivity index (χ0n) is 12.5. The highest BCUT2D eigenvalue weighted by atomic mass is 35.5. The van der Waals surface area contributed by atoms with E-state index in [2.05, 4.69) is 10.3 Å². The van der Waals surface area contributed by atoms with Gasteiger partial charge >= 0.3 is 0 Å². The molecule has 1 N–H and O–H groups in total. The highest BCUT2D eigenvalue weighted by Crippen LogP contribution is 2.25. The van der Waals surface area contributed by atoms with Crippen LogP contribution in [0.2, 0.25) is 5.02 Å². The lowest BCUT2D eigenvalue weighted by molar-refractivity contribution is -0.129. The molecule has 0 atom stereocenters. The first-order valence-corrected chi connectivity index (χ1v) is 8.83.